The number of sulfone groups is 1. The molecule has 1 aromatic heterocycles. The van der Waals surface area contributed by atoms with E-state index < -0.39 is 9.84 Å². The number of thiazole rings is 1. The fourth-order valence-corrected chi connectivity index (χ4v) is 5.65. The Balaban J connectivity index is 0.00000363. The van der Waals surface area contributed by atoms with E-state index in [0.717, 1.165) is 23.2 Å². The number of carbonyl (C=O) groups excluding carboxylic acids is 1. The summed E-state index contributed by atoms with van der Waals surface area (Å²) in [5.74, 6) is -0.505. The van der Waals surface area contributed by atoms with Crippen molar-refractivity contribution in [3.05, 3.63) is 53.1 Å². The minimum Gasteiger partial charge on any atom is -0.309 e. The molecule has 32 heavy (non-hydrogen) atoms. The molecule has 0 unspecified atom stereocenters. The number of nitrogens with zero attached hydrogens (tertiary/aromatic N) is 3. The Morgan fingerprint density at radius 1 is 1.09 bits per heavy atom. The van der Waals surface area contributed by atoms with Crippen molar-refractivity contribution in [2.24, 2.45) is 0 Å². The average molecular weight is 517 g/mol. The van der Waals surface area contributed by atoms with E-state index in [2.05, 4.69) is 4.98 Å². The van der Waals surface area contributed by atoms with E-state index in [1.54, 1.807) is 35.2 Å². The molecule has 0 N–H and O–H groups in total. The van der Waals surface area contributed by atoms with Gasteiger partial charge in [0.25, 0.3) is 0 Å². The molecule has 0 aliphatic heterocycles. The van der Waals surface area contributed by atoms with Crippen molar-refractivity contribution < 1.29 is 13.2 Å². The van der Waals surface area contributed by atoms with Crippen LogP contribution in [-0.4, -0.2) is 57.1 Å². The van der Waals surface area contributed by atoms with Crippen LogP contribution in [0.1, 0.15) is 18.4 Å². The van der Waals surface area contributed by atoms with Crippen molar-refractivity contribution in [2.75, 3.05) is 37.8 Å². The predicted molar refractivity (Wildman–Crippen MR) is 135 cm³/mol. The average Bonchev–Trinajstić information content (AvgIpc) is 3.15. The molecule has 0 bridgehead atoms. The number of fused-ring (bicyclic) bond motifs is 1. The lowest BCUT2D eigenvalue weighted by atomic mass is 10.2. The highest BCUT2D eigenvalue weighted by Gasteiger charge is 2.23. The first-order chi connectivity index (χ1) is 14.7. The Morgan fingerprint density at radius 2 is 1.78 bits per heavy atom. The van der Waals surface area contributed by atoms with Gasteiger partial charge >= 0.3 is 0 Å². The molecular weight excluding hydrogens is 489 g/mol. The lowest BCUT2D eigenvalue weighted by Crippen LogP contribution is -2.34. The number of halogens is 2. The van der Waals surface area contributed by atoms with Gasteiger partial charge in [0.15, 0.2) is 15.0 Å². The smallest absolute Gasteiger partial charge is 0.229 e. The Morgan fingerprint density at radius 3 is 2.41 bits per heavy atom. The number of amides is 1. The van der Waals surface area contributed by atoms with Gasteiger partial charge in [-0.25, -0.2) is 13.4 Å². The summed E-state index contributed by atoms with van der Waals surface area (Å²) in [6, 6.07) is 12.2. The number of aromatic nitrogens is 1. The van der Waals surface area contributed by atoms with Crippen LogP contribution < -0.4 is 4.90 Å². The summed E-state index contributed by atoms with van der Waals surface area (Å²) in [5, 5.41) is 1.07. The van der Waals surface area contributed by atoms with Gasteiger partial charge in [0.05, 0.1) is 20.4 Å². The fraction of sp³-hybridized carbons (Fsp3) is 0.364. The number of hydrogen-bond donors (Lipinski definition) is 0. The number of rotatable bonds is 9. The highest BCUT2D eigenvalue weighted by atomic mass is 35.5. The fourth-order valence-electron chi connectivity index (χ4n) is 3.11. The second-order valence-corrected chi connectivity index (χ2v) is 11.2. The molecule has 10 heteroatoms. The summed E-state index contributed by atoms with van der Waals surface area (Å²) in [6.45, 7) is 3.16. The molecular formula is C22H27Cl2N3O3S2. The van der Waals surface area contributed by atoms with Crippen molar-refractivity contribution in [2.45, 2.75) is 24.7 Å². The predicted octanol–water partition coefficient (Wildman–Crippen LogP) is 4.83. The van der Waals surface area contributed by atoms with Gasteiger partial charge in [0.1, 0.15) is 5.52 Å². The zero-order chi connectivity index (χ0) is 22.6. The molecule has 3 aromatic rings. The molecule has 0 radical (unpaired) electrons. The van der Waals surface area contributed by atoms with Gasteiger partial charge in [-0.1, -0.05) is 46.7 Å². The Hall–Kier alpha value is -1.71. The third kappa shape index (κ3) is 6.65. The zero-order valence-corrected chi connectivity index (χ0v) is 21.5. The Bertz CT molecular complexity index is 1160. The Labute approximate surface area is 204 Å². The van der Waals surface area contributed by atoms with Crippen molar-refractivity contribution >= 4 is 66.4 Å². The van der Waals surface area contributed by atoms with Crippen LogP contribution in [0.4, 0.5) is 5.13 Å². The summed E-state index contributed by atoms with van der Waals surface area (Å²) >= 11 is 7.64. The maximum atomic E-state index is 13.1. The van der Waals surface area contributed by atoms with Crippen molar-refractivity contribution in [1.29, 1.82) is 0 Å². The van der Waals surface area contributed by atoms with Crippen molar-refractivity contribution in [3.8, 4) is 0 Å². The molecule has 1 heterocycles. The van der Waals surface area contributed by atoms with E-state index in [9.17, 15) is 13.2 Å². The largest absolute Gasteiger partial charge is 0.309 e. The minimum atomic E-state index is -3.55. The number of para-hydroxylation sites is 1. The molecule has 0 fully saturated rings. The summed E-state index contributed by atoms with van der Waals surface area (Å²) in [4.78, 5) is 21.5. The lowest BCUT2D eigenvalue weighted by Gasteiger charge is -2.21. The summed E-state index contributed by atoms with van der Waals surface area (Å²) < 4.78 is 26.3. The third-order valence-corrected chi connectivity index (χ3v) is 7.92. The lowest BCUT2D eigenvalue weighted by molar-refractivity contribution is -0.118. The molecule has 0 saturated heterocycles. The van der Waals surface area contributed by atoms with Crippen LogP contribution in [0, 0.1) is 6.92 Å². The molecule has 174 valence electrons. The van der Waals surface area contributed by atoms with Crippen LogP contribution >= 0.6 is 35.3 Å². The second kappa shape index (κ2) is 11.4. The van der Waals surface area contributed by atoms with Gasteiger partial charge in [-0.3, -0.25) is 9.69 Å². The van der Waals surface area contributed by atoms with Crippen molar-refractivity contribution in [3.63, 3.8) is 0 Å². The number of benzene rings is 2. The summed E-state index contributed by atoms with van der Waals surface area (Å²) in [7, 11) is 0.393. The molecule has 0 aliphatic carbocycles. The van der Waals surface area contributed by atoms with E-state index in [4.69, 9.17) is 11.6 Å². The first-order valence-corrected chi connectivity index (χ1v) is 12.8. The van der Waals surface area contributed by atoms with Gasteiger partial charge < -0.3 is 4.90 Å². The van der Waals surface area contributed by atoms with E-state index in [-0.39, 0.29) is 35.4 Å². The van der Waals surface area contributed by atoms with Gasteiger partial charge in [-0.2, -0.15) is 0 Å². The zero-order valence-electron chi connectivity index (χ0n) is 18.2. The number of hydrogen-bond acceptors (Lipinski definition) is 6. The number of carbonyl (C=O) groups is 1. The monoisotopic (exact) mass is 515 g/mol. The molecule has 0 aliphatic rings. The molecule has 0 saturated carbocycles. The van der Waals surface area contributed by atoms with E-state index >= 15 is 0 Å². The van der Waals surface area contributed by atoms with Gasteiger partial charge in [0.2, 0.25) is 5.91 Å². The van der Waals surface area contributed by atoms with E-state index in [0.29, 0.717) is 22.2 Å². The molecule has 0 atom stereocenters. The maximum Gasteiger partial charge on any atom is 0.229 e. The van der Waals surface area contributed by atoms with Crippen LogP contribution in [0.2, 0.25) is 5.02 Å². The normalized spacial score (nSPS) is 11.5. The van der Waals surface area contributed by atoms with Gasteiger partial charge in [0, 0.05) is 13.0 Å². The number of anilines is 1. The van der Waals surface area contributed by atoms with Crippen LogP contribution in [0.5, 0.6) is 0 Å². The quantitative estimate of drug-likeness (QED) is 0.408. The summed E-state index contributed by atoms with van der Waals surface area (Å²) in [5.41, 5.74) is 1.64. The maximum absolute atomic E-state index is 13.1. The van der Waals surface area contributed by atoms with Crippen molar-refractivity contribution in [1.82, 2.24) is 9.88 Å². The second-order valence-electron chi connectivity index (χ2n) is 7.67. The first-order valence-electron chi connectivity index (χ1n) is 9.97. The molecule has 3 rings (SSSR count). The molecule has 2 aromatic carbocycles. The minimum absolute atomic E-state index is 0. The summed E-state index contributed by atoms with van der Waals surface area (Å²) in [6.07, 6.45) is 0.634. The van der Waals surface area contributed by atoms with Gasteiger partial charge in [-0.05, 0) is 58.3 Å². The van der Waals surface area contributed by atoms with Crippen LogP contribution in [0.3, 0.4) is 0 Å². The highest BCUT2D eigenvalue weighted by molar-refractivity contribution is 7.91. The standard InChI is InChI=1S/C22H26ClN3O3S2.ClH/c1-16-8-10-17(11-9-16)31(28,29)15-12-20(27)26(14-5-13-25(2)3)22-24-21-18(23)6-4-7-19(21)30-22;/h4,6-11H,5,12-15H2,1-3H3;1H. The third-order valence-electron chi connectivity index (χ3n) is 4.84. The van der Waals surface area contributed by atoms with E-state index in [1.807, 2.05) is 38.1 Å². The van der Waals surface area contributed by atoms with E-state index in [1.165, 1.54) is 11.3 Å². The van der Waals surface area contributed by atoms with Crippen LogP contribution in [0.25, 0.3) is 10.2 Å². The SMILES string of the molecule is Cc1ccc(S(=O)(=O)CCC(=O)N(CCCN(C)C)c2nc3c(Cl)cccc3s2)cc1.Cl. The molecule has 6 nitrogen and oxygen atoms in total. The molecule has 0 spiro atoms. The highest BCUT2D eigenvalue weighted by Crippen LogP contribution is 2.33. The number of aryl methyl sites for hydroxylation is 1. The Kier molecular flexibility index (Phi) is 9.48. The van der Waals surface area contributed by atoms with Gasteiger partial charge in [-0.15, -0.1) is 12.4 Å². The van der Waals surface area contributed by atoms with Crippen LogP contribution in [0.15, 0.2) is 47.4 Å². The molecule has 1 amide bonds. The topological polar surface area (TPSA) is 70.6 Å². The van der Waals surface area contributed by atoms with Crippen LogP contribution in [-0.2, 0) is 14.6 Å². The first kappa shape index (κ1) is 26.5.